The number of aryl methyl sites for hydroxylation is 2. The molecule has 4 rings (SSSR count). The quantitative estimate of drug-likeness (QED) is 0.443. The number of likely N-dealkylation sites (tertiary alicyclic amines) is 1. The van der Waals surface area contributed by atoms with Crippen LogP contribution < -0.4 is 0 Å². The van der Waals surface area contributed by atoms with Crippen molar-refractivity contribution < 1.29 is 23.9 Å². The molecule has 2 bridgehead atoms. The van der Waals surface area contributed by atoms with Crippen LogP contribution in [0.5, 0.6) is 0 Å². The Morgan fingerprint density at radius 1 is 1.07 bits per heavy atom. The van der Waals surface area contributed by atoms with Crippen LogP contribution in [-0.4, -0.2) is 41.1 Å². The fourth-order valence-corrected chi connectivity index (χ4v) is 5.17. The highest BCUT2D eigenvalue weighted by atomic mass is 16.5. The Labute approximate surface area is 164 Å². The van der Waals surface area contributed by atoms with Crippen molar-refractivity contribution in [2.24, 2.45) is 23.7 Å². The van der Waals surface area contributed by atoms with Gasteiger partial charge in [0.25, 0.3) is 0 Å². The number of nitrogens with zero attached hydrogens (tertiary/aromatic N) is 1. The SMILES string of the molecule is Cc1ccc(C(=O)COC(=O)[C@H](C)N2C(=O)[C@@H]3[C@H]4CC[C@@H](C4)[C@@H]3C2=O)cc1C. The average molecular weight is 383 g/mol. The van der Waals surface area contributed by atoms with Crippen molar-refractivity contribution in [1.82, 2.24) is 4.90 Å². The van der Waals surface area contributed by atoms with Crippen LogP contribution in [0.15, 0.2) is 18.2 Å². The van der Waals surface area contributed by atoms with E-state index in [2.05, 4.69) is 0 Å². The van der Waals surface area contributed by atoms with Gasteiger partial charge in [0.15, 0.2) is 12.4 Å². The molecule has 3 fully saturated rings. The summed E-state index contributed by atoms with van der Waals surface area (Å²) in [5, 5.41) is 0. The fourth-order valence-electron chi connectivity index (χ4n) is 5.17. The third-order valence-corrected chi connectivity index (χ3v) is 6.86. The van der Waals surface area contributed by atoms with Gasteiger partial charge in [-0.2, -0.15) is 0 Å². The number of carbonyl (C=O) groups excluding carboxylic acids is 4. The van der Waals surface area contributed by atoms with Gasteiger partial charge < -0.3 is 4.74 Å². The lowest BCUT2D eigenvalue weighted by molar-refractivity contribution is -0.157. The molecule has 0 spiro atoms. The molecule has 148 valence electrons. The number of hydrogen-bond donors (Lipinski definition) is 0. The Kier molecular flexibility index (Phi) is 4.60. The van der Waals surface area contributed by atoms with Crippen LogP contribution in [-0.2, 0) is 19.1 Å². The summed E-state index contributed by atoms with van der Waals surface area (Å²) in [4.78, 5) is 51.4. The van der Waals surface area contributed by atoms with E-state index >= 15 is 0 Å². The van der Waals surface area contributed by atoms with Crippen LogP contribution in [0.4, 0.5) is 0 Å². The average Bonchev–Trinajstić information content (AvgIpc) is 3.35. The van der Waals surface area contributed by atoms with Crippen LogP contribution >= 0.6 is 0 Å². The molecule has 5 atom stereocenters. The maximum absolute atomic E-state index is 12.8. The zero-order valence-corrected chi connectivity index (χ0v) is 16.4. The second kappa shape index (κ2) is 6.83. The predicted molar refractivity (Wildman–Crippen MR) is 100 cm³/mol. The van der Waals surface area contributed by atoms with Crippen LogP contribution in [0.3, 0.4) is 0 Å². The van der Waals surface area contributed by atoms with Gasteiger partial charge in [-0.15, -0.1) is 0 Å². The highest BCUT2D eigenvalue weighted by Gasteiger charge is 2.62. The number of Topliss-reactive ketones (excluding diaryl/α,β-unsaturated/α-hetero) is 1. The lowest BCUT2D eigenvalue weighted by Crippen LogP contribution is -2.45. The molecule has 2 aliphatic carbocycles. The normalized spacial score (nSPS) is 29.2. The molecule has 1 aliphatic heterocycles. The second-order valence-corrected chi connectivity index (χ2v) is 8.44. The zero-order valence-electron chi connectivity index (χ0n) is 16.4. The van der Waals surface area contributed by atoms with Gasteiger partial charge in [0.05, 0.1) is 11.8 Å². The van der Waals surface area contributed by atoms with Gasteiger partial charge in [-0.25, -0.2) is 4.79 Å². The minimum atomic E-state index is -1.00. The summed E-state index contributed by atoms with van der Waals surface area (Å²) in [6, 6.07) is 4.31. The molecule has 1 aromatic rings. The molecule has 1 heterocycles. The molecular weight excluding hydrogens is 358 g/mol. The van der Waals surface area contributed by atoms with Gasteiger partial charge in [-0.05, 0) is 69.1 Å². The number of ketones is 1. The maximum Gasteiger partial charge on any atom is 0.329 e. The van der Waals surface area contributed by atoms with Crippen molar-refractivity contribution in [1.29, 1.82) is 0 Å². The zero-order chi connectivity index (χ0) is 20.2. The Balaban J connectivity index is 1.40. The van der Waals surface area contributed by atoms with Crippen molar-refractivity contribution >= 4 is 23.6 Å². The minimum Gasteiger partial charge on any atom is -0.456 e. The van der Waals surface area contributed by atoms with Crippen molar-refractivity contribution in [2.75, 3.05) is 6.61 Å². The topological polar surface area (TPSA) is 80.8 Å². The highest BCUT2D eigenvalue weighted by Crippen LogP contribution is 2.56. The third kappa shape index (κ3) is 2.86. The van der Waals surface area contributed by atoms with Gasteiger partial charge >= 0.3 is 5.97 Å². The molecule has 0 aromatic heterocycles. The van der Waals surface area contributed by atoms with Crippen LogP contribution in [0.25, 0.3) is 0 Å². The fraction of sp³-hybridized carbons (Fsp3) is 0.545. The minimum absolute atomic E-state index is 0.243. The Morgan fingerprint density at radius 2 is 1.68 bits per heavy atom. The lowest BCUT2D eigenvalue weighted by Gasteiger charge is -2.23. The van der Waals surface area contributed by atoms with E-state index in [1.165, 1.54) is 6.92 Å². The summed E-state index contributed by atoms with van der Waals surface area (Å²) < 4.78 is 5.16. The first-order valence-corrected chi connectivity index (χ1v) is 9.93. The summed E-state index contributed by atoms with van der Waals surface area (Å²) in [6.45, 7) is 4.97. The Hall–Kier alpha value is -2.50. The first-order valence-electron chi connectivity index (χ1n) is 9.93. The van der Waals surface area contributed by atoms with E-state index in [9.17, 15) is 19.2 Å². The lowest BCUT2D eigenvalue weighted by atomic mass is 9.81. The number of benzene rings is 1. The van der Waals surface area contributed by atoms with Crippen LogP contribution in [0.2, 0.25) is 0 Å². The number of hydrogen-bond acceptors (Lipinski definition) is 5. The first kappa shape index (κ1) is 18.8. The molecule has 6 nitrogen and oxygen atoms in total. The van der Waals surface area contributed by atoms with Gasteiger partial charge in [0, 0.05) is 5.56 Å². The molecule has 28 heavy (non-hydrogen) atoms. The number of carbonyl (C=O) groups is 4. The van der Waals surface area contributed by atoms with Crippen molar-refractivity contribution in [3.63, 3.8) is 0 Å². The van der Waals surface area contributed by atoms with Gasteiger partial charge in [-0.1, -0.05) is 12.1 Å². The molecule has 3 aliphatic rings. The monoisotopic (exact) mass is 383 g/mol. The molecule has 0 radical (unpaired) electrons. The van der Waals surface area contributed by atoms with Crippen molar-refractivity contribution in [3.8, 4) is 0 Å². The molecule has 2 amide bonds. The second-order valence-electron chi connectivity index (χ2n) is 8.44. The summed E-state index contributed by atoms with van der Waals surface area (Å²) in [5.41, 5.74) is 2.54. The number of rotatable bonds is 5. The third-order valence-electron chi connectivity index (χ3n) is 6.86. The Bertz CT molecular complexity index is 848. The van der Waals surface area contributed by atoms with Crippen molar-refractivity contribution in [2.45, 2.75) is 46.1 Å². The number of ether oxygens (including phenoxy) is 1. The first-order chi connectivity index (χ1) is 13.3. The van der Waals surface area contributed by atoms with Gasteiger partial charge in [0.1, 0.15) is 6.04 Å². The highest BCUT2D eigenvalue weighted by molar-refractivity contribution is 6.08. The molecular formula is C22H25NO5. The maximum atomic E-state index is 12.8. The van der Waals surface area contributed by atoms with E-state index in [1.54, 1.807) is 12.1 Å². The molecule has 1 saturated heterocycles. The van der Waals surface area contributed by atoms with E-state index in [0.717, 1.165) is 35.3 Å². The predicted octanol–water partition coefficient (Wildman–Crippen LogP) is 2.45. The van der Waals surface area contributed by atoms with Gasteiger partial charge in [0.2, 0.25) is 11.8 Å². The molecule has 0 N–H and O–H groups in total. The van der Waals surface area contributed by atoms with Crippen LogP contribution in [0.1, 0.15) is 47.7 Å². The van der Waals surface area contributed by atoms with Crippen molar-refractivity contribution in [3.05, 3.63) is 34.9 Å². The van der Waals surface area contributed by atoms with E-state index < -0.39 is 18.6 Å². The Morgan fingerprint density at radius 3 is 2.25 bits per heavy atom. The molecule has 6 heteroatoms. The molecule has 2 saturated carbocycles. The number of imide groups is 1. The standard InChI is InChI=1S/C22H25NO5/c1-11-4-5-14(8-12(11)2)17(24)10-28-22(27)13(3)23-20(25)18-15-6-7-16(9-15)19(18)21(23)26/h4-5,8,13,15-16,18-19H,6-7,9-10H2,1-3H3/t13-,15-,16-,18-,19+/m0/s1. The summed E-state index contributed by atoms with van der Waals surface area (Å²) in [7, 11) is 0. The number of esters is 1. The smallest absolute Gasteiger partial charge is 0.329 e. The van der Waals surface area contributed by atoms with Crippen LogP contribution in [0, 0.1) is 37.5 Å². The molecule has 0 unspecified atom stereocenters. The van der Waals surface area contributed by atoms with E-state index in [-0.39, 0.29) is 41.3 Å². The summed E-state index contributed by atoms with van der Waals surface area (Å²) in [6.07, 6.45) is 2.92. The summed E-state index contributed by atoms with van der Waals surface area (Å²) >= 11 is 0. The summed E-state index contributed by atoms with van der Waals surface area (Å²) in [5.74, 6) is -1.50. The molecule has 1 aromatic carbocycles. The van der Waals surface area contributed by atoms with E-state index in [4.69, 9.17) is 4.74 Å². The largest absolute Gasteiger partial charge is 0.456 e. The van der Waals surface area contributed by atoms with E-state index in [0.29, 0.717) is 5.56 Å². The van der Waals surface area contributed by atoms with Gasteiger partial charge in [-0.3, -0.25) is 19.3 Å². The van der Waals surface area contributed by atoms with E-state index in [1.807, 2.05) is 19.9 Å². The number of amides is 2. The number of fused-ring (bicyclic) bond motifs is 5.